The first-order valence-electron chi connectivity index (χ1n) is 4.00. The highest BCUT2D eigenvalue weighted by molar-refractivity contribution is 14.1. The summed E-state index contributed by atoms with van der Waals surface area (Å²) in [6, 6.07) is 1.78. The zero-order valence-corrected chi connectivity index (χ0v) is 9.89. The van der Waals surface area contributed by atoms with Crippen LogP contribution in [-0.4, -0.2) is 14.9 Å². The molecule has 0 aromatic carbocycles. The van der Waals surface area contributed by atoms with Gasteiger partial charge in [-0.3, -0.25) is 0 Å². The van der Waals surface area contributed by atoms with Crippen LogP contribution in [0.5, 0.6) is 0 Å². The van der Waals surface area contributed by atoms with Crippen molar-refractivity contribution < 1.29 is 4.21 Å². The lowest BCUT2D eigenvalue weighted by Crippen LogP contribution is -2.15. The van der Waals surface area contributed by atoms with E-state index < -0.39 is 9.73 Å². The summed E-state index contributed by atoms with van der Waals surface area (Å²) < 4.78 is 20.3. The first kappa shape index (κ1) is 9.39. The number of halogens is 1. The Hall–Kier alpha value is -0.170. The highest BCUT2D eigenvalue weighted by Crippen LogP contribution is 2.25. The van der Waals surface area contributed by atoms with Gasteiger partial charge in [-0.2, -0.15) is 0 Å². The van der Waals surface area contributed by atoms with Gasteiger partial charge in [0.15, 0.2) is 0 Å². The van der Waals surface area contributed by atoms with Crippen LogP contribution in [0.25, 0.3) is 0 Å². The number of pyridine rings is 1. The van der Waals surface area contributed by atoms with Gasteiger partial charge >= 0.3 is 0 Å². The molecular weight excluding hydrogens is 299 g/mol. The minimum Gasteiger partial charge on any atom is -0.250 e. The molecule has 13 heavy (non-hydrogen) atoms. The Morgan fingerprint density at radius 3 is 3.15 bits per heavy atom. The van der Waals surface area contributed by atoms with Gasteiger partial charge in [0, 0.05) is 11.9 Å². The van der Waals surface area contributed by atoms with E-state index in [2.05, 4.69) is 27.6 Å². The normalized spacial score (nSPS) is 26.8. The molecule has 0 saturated heterocycles. The molecule has 1 N–H and O–H groups in total. The van der Waals surface area contributed by atoms with Crippen molar-refractivity contribution in [2.45, 2.75) is 17.7 Å². The van der Waals surface area contributed by atoms with Crippen molar-refractivity contribution in [2.24, 2.45) is 0 Å². The summed E-state index contributed by atoms with van der Waals surface area (Å²) in [6.07, 6.45) is 3.51. The van der Waals surface area contributed by atoms with E-state index in [0.717, 1.165) is 22.1 Å². The Morgan fingerprint density at radius 2 is 2.38 bits per heavy atom. The molecule has 2 rings (SSSR count). The standard InChI is InChI=1S/C8H9IN2OS/c9-8-4-7-6(5-11-8)2-1-3-13(7,10)12/h4-5,10H,1-3H2. The number of hydrogen-bond donors (Lipinski definition) is 1. The SMILES string of the molecule is N=S1(=O)CCCc2cnc(I)cc21. The smallest absolute Gasteiger partial charge is 0.102 e. The monoisotopic (exact) mass is 308 g/mol. The fraction of sp³-hybridized carbons (Fsp3) is 0.375. The number of aryl methyl sites for hydroxylation is 1. The predicted molar refractivity (Wildman–Crippen MR) is 59.3 cm³/mol. The molecule has 0 saturated carbocycles. The lowest BCUT2D eigenvalue weighted by Gasteiger charge is -2.17. The maximum Gasteiger partial charge on any atom is 0.102 e. The van der Waals surface area contributed by atoms with Gasteiger partial charge in [0.1, 0.15) is 3.70 Å². The molecule has 0 amide bonds. The molecular formula is C8H9IN2OS. The Labute approximate surface area is 91.1 Å². The molecule has 1 aromatic rings. The topological polar surface area (TPSA) is 53.8 Å². The molecule has 1 aliphatic rings. The van der Waals surface area contributed by atoms with Gasteiger partial charge in [-0.05, 0) is 47.1 Å². The number of aromatic nitrogens is 1. The molecule has 0 spiro atoms. The van der Waals surface area contributed by atoms with Crippen LogP contribution in [-0.2, 0) is 16.1 Å². The highest BCUT2D eigenvalue weighted by Gasteiger charge is 2.20. The van der Waals surface area contributed by atoms with Crippen molar-refractivity contribution in [3.8, 4) is 0 Å². The van der Waals surface area contributed by atoms with Crippen molar-refractivity contribution in [3.05, 3.63) is 21.5 Å². The van der Waals surface area contributed by atoms with E-state index in [4.69, 9.17) is 4.78 Å². The van der Waals surface area contributed by atoms with Crippen LogP contribution < -0.4 is 0 Å². The number of fused-ring (bicyclic) bond motifs is 1. The zero-order chi connectivity index (χ0) is 9.47. The predicted octanol–water partition coefficient (Wildman–Crippen LogP) is 2.04. The van der Waals surface area contributed by atoms with Crippen molar-refractivity contribution >= 4 is 32.3 Å². The first-order chi connectivity index (χ1) is 6.09. The minimum atomic E-state index is -2.51. The zero-order valence-electron chi connectivity index (χ0n) is 6.92. The summed E-state index contributed by atoms with van der Waals surface area (Å²) in [5.74, 6) is 0.500. The summed E-state index contributed by atoms with van der Waals surface area (Å²) in [7, 11) is -2.51. The van der Waals surface area contributed by atoms with E-state index in [1.807, 2.05) is 0 Å². The second-order valence-corrected chi connectivity index (χ2v) is 6.40. The Balaban J connectivity index is 2.68. The molecule has 3 nitrogen and oxygen atoms in total. The van der Waals surface area contributed by atoms with Gasteiger partial charge in [0.05, 0.1) is 14.6 Å². The highest BCUT2D eigenvalue weighted by atomic mass is 127. The van der Waals surface area contributed by atoms with Crippen LogP contribution in [0.3, 0.4) is 0 Å². The van der Waals surface area contributed by atoms with E-state index in [-0.39, 0.29) is 0 Å². The van der Waals surface area contributed by atoms with Crippen LogP contribution in [0.4, 0.5) is 0 Å². The summed E-state index contributed by atoms with van der Waals surface area (Å²) in [6.45, 7) is 0. The maximum absolute atomic E-state index is 11.8. The third kappa shape index (κ3) is 1.71. The van der Waals surface area contributed by atoms with Crippen molar-refractivity contribution in [1.29, 1.82) is 4.78 Å². The average Bonchev–Trinajstić information content (AvgIpc) is 2.06. The van der Waals surface area contributed by atoms with Crippen molar-refractivity contribution in [1.82, 2.24) is 4.98 Å². The number of rotatable bonds is 0. The third-order valence-corrected chi connectivity index (χ3v) is 4.69. The lowest BCUT2D eigenvalue weighted by atomic mass is 10.2. The first-order valence-corrected chi connectivity index (χ1v) is 6.81. The molecule has 70 valence electrons. The molecule has 0 fully saturated rings. The van der Waals surface area contributed by atoms with Gasteiger partial charge in [0.25, 0.3) is 0 Å². The summed E-state index contributed by atoms with van der Waals surface area (Å²) in [5.41, 5.74) is 0.992. The molecule has 0 bridgehead atoms. The number of nitrogens with one attached hydrogen (secondary N) is 1. The van der Waals surface area contributed by atoms with Crippen molar-refractivity contribution in [3.63, 3.8) is 0 Å². The summed E-state index contributed by atoms with van der Waals surface area (Å²) in [4.78, 5) is 4.84. The van der Waals surface area contributed by atoms with Crippen LogP contribution in [0, 0.1) is 8.48 Å². The third-order valence-electron chi connectivity index (χ3n) is 2.14. The maximum atomic E-state index is 11.8. The molecule has 1 unspecified atom stereocenters. The quantitative estimate of drug-likeness (QED) is 0.589. The lowest BCUT2D eigenvalue weighted by molar-refractivity contribution is 0.663. The molecule has 1 aromatic heterocycles. The Morgan fingerprint density at radius 1 is 1.62 bits per heavy atom. The van der Waals surface area contributed by atoms with Crippen LogP contribution in [0.15, 0.2) is 17.2 Å². The van der Waals surface area contributed by atoms with E-state index in [1.165, 1.54) is 0 Å². The van der Waals surface area contributed by atoms with Gasteiger partial charge < -0.3 is 0 Å². The van der Waals surface area contributed by atoms with Gasteiger partial charge in [-0.25, -0.2) is 14.0 Å². The van der Waals surface area contributed by atoms with Gasteiger partial charge in [-0.1, -0.05) is 0 Å². The minimum absolute atomic E-state index is 0.500. The van der Waals surface area contributed by atoms with Crippen LogP contribution in [0.2, 0.25) is 0 Å². The molecule has 1 atom stereocenters. The van der Waals surface area contributed by atoms with E-state index in [0.29, 0.717) is 10.6 Å². The second-order valence-electron chi connectivity index (χ2n) is 3.10. The fourth-order valence-electron chi connectivity index (χ4n) is 1.51. The average molecular weight is 308 g/mol. The van der Waals surface area contributed by atoms with Gasteiger partial charge in [-0.15, -0.1) is 0 Å². The number of hydrogen-bond acceptors (Lipinski definition) is 3. The van der Waals surface area contributed by atoms with Gasteiger partial charge in [0.2, 0.25) is 0 Å². The molecule has 5 heteroatoms. The summed E-state index contributed by atoms with van der Waals surface area (Å²) in [5, 5.41) is 0. The summed E-state index contributed by atoms with van der Waals surface area (Å²) >= 11 is 2.08. The van der Waals surface area contributed by atoms with Crippen molar-refractivity contribution in [2.75, 3.05) is 5.75 Å². The van der Waals surface area contributed by atoms with E-state index >= 15 is 0 Å². The van der Waals surface area contributed by atoms with Crippen LogP contribution >= 0.6 is 22.6 Å². The number of nitrogens with zero attached hydrogens (tertiary/aromatic N) is 1. The van der Waals surface area contributed by atoms with Crippen LogP contribution in [0.1, 0.15) is 12.0 Å². The second kappa shape index (κ2) is 3.20. The fourth-order valence-corrected chi connectivity index (χ4v) is 3.82. The van der Waals surface area contributed by atoms with E-state index in [9.17, 15) is 4.21 Å². The molecule has 2 heterocycles. The largest absolute Gasteiger partial charge is 0.250 e. The van der Waals surface area contributed by atoms with E-state index in [1.54, 1.807) is 12.3 Å². The molecule has 1 aliphatic heterocycles. The molecule has 0 radical (unpaired) electrons. The Kier molecular flexibility index (Phi) is 2.31. The Bertz CT molecular complexity index is 441. The molecule has 0 aliphatic carbocycles.